The number of hydrogen-bond acceptors (Lipinski definition) is 5. The van der Waals surface area contributed by atoms with Gasteiger partial charge in [-0.05, 0) is 0 Å². The lowest BCUT2D eigenvalue weighted by molar-refractivity contribution is -0.0221. The molecular formula is C24H20F2N4O. The molecule has 0 atom stereocenters. The highest BCUT2D eigenvalue weighted by atomic mass is 19.3. The first-order valence-electron chi connectivity index (χ1n) is 10.2. The number of fused-ring (bicyclic) bond motifs is 1. The summed E-state index contributed by atoms with van der Waals surface area (Å²) in [6, 6.07) is 21.5. The van der Waals surface area contributed by atoms with Crippen molar-refractivity contribution in [3.63, 3.8) is 0 Å². The summed E-state index contributed by atoms with van der Waals surface area (Å²) in [7, 11) is 0. The normalized spacial score (nSPS) is 15.7. The highest BCUT2D eigenvalue weighted by Gasteiger charge is 2.35. The van der Waals surface area contributed by atoms with E-state index in [0.717, 1.165) is 16.8 Å². The van der Waals surface area contributed by atoms with Crippen molar-refractivity contribution in [2.45, 2.75) is 18.8 Å². The molecule has 0 aliphatic carbocycles. The highest BCUT2D eigenvalue weighted by Crippen LogP contribution is 2.34. The minimum atomic E-state index is -2.64. The molecule has 0 saturated carbocycles. The molecule has 2 aromatic heterocycles. The van der Waals surface area contributed by atoms with Crippen molar-refractivity contribution in [2.75, 3.05) is 18.0 Å². The number of halogens is 2. The Balaban J connectivity index is 1.61. The zero-order valence-corrected chi connectivity index (χ0v) is 16.7. The van der Waals surface area contributed by atoms with Crippen LogP contribution in [0.1, 0.15) is 24.0 Å². The maximum Gasteiger partial charge on any atom is 0.251 e. The van der Waals surface area contributed by atoms with E-state index in [1.165, 1.54) is 6.39 Å². The first-order chi connectivity index (χ1) is 15.1. The van der Waals surface area contributed by atoms with Crippen LogP contribution in [0.5, 0.6) is 0 Å². The van der Waals surface area contributed by atoms with Gasteiger partial charge in [0.05, 0.1) is 5.71 Å². The monoisotopic (exact) mass is 418 g/mol. The van der Waals surface area contributed by atoms with Gasteiger partial charge in [0, 0.05) is 43.1 Å². The van der Waals surface area contributed by atoms with Crippen LogP contribution >= 0.6 is 0 Å². The highest BCUT2D eigenvalue weighted by molar-refractivity contribution is 6.14. The Morgan fingerprint density at radius 3 is 2.16 bits per heavy atom. The van der Waals surface area contributed by atoms with E-state index < -0.39 is 5.92 Å². The Morgan fingerprint density at radius 2 is 1.55 bits per heavy atom. The van der Waals surface area contributed by atoms with E-state index in [-0.39, 0.29) is 25.9 Å². The molecule has 1 fully saturated rings. The molecular weight excluding hydrogens is 398 g/mol. The summed E-state index contributed by atoms with van der Waals surface area (Å²) >= 11 is 0. The SMILES string of the molecule is FC1(F)CCN(c2nc(N=C(c3ccccc3)c3ccccc3)cc3ncoc23)CC1. The van der Waals surface area contributed by atoms with Crippen LogP contribution in [-0.4, -0.2) is 34.7 Å². The summed E-state index contributed by atoms with van der Waals surface area (Å²) in [5, 5.41) is 0. The van der Waals surface area contributed by atoms with Crippen LogP contribution in [0.2, 0.25) is 0 Å². The predicted molar refractivity (Wildman–Crippen MR) is 116 cm³/mol. The number of aliphatic imine (C=N–C) groups is 1. The summed E-state index contributed by atoms with van der Waals surface area (Å²) < 4.78 is 32.9. The van der Waals surface area contributed by atoms with Gasteiger partial charge in [-0.2, -0.15) is 0 Å². The third-order valence-corrected chi connectivity index (χ3v) is 5.40. The van der Waals surface area contributed by atoms with E-state index in [4.69, 9.17) is 14.4 Å². The molecule has 1 aliphatic rings. The number of benzene rings is 2. The van der Waals surface area contributed by atoms with Gasteiger partial charge in [0.2, 0.25) is 0 Å². The van der Waals surface area contributed by atoms with E-state index in [9.17, 15) is 8.78 Å². The predicted octanol–water partition coefficient (Wildman–Crippen LogP) is 5.63. The molecule has 4 aromatic rings. The Hall–Kier alpha value is -3.61. The molecule has 0 bridgehead atoms. The van der Waals surface area contributed by atoms with E-state index in [1.54, 1.807) is 6.07 Å². The van der Waals surface area contributed by atoms with Crippen LogP contribution in [-0.2, 0) is 0 Å². The number of alkyl halides is 2. The largest absolute Gasteiger partial charge is 0.440 e. The van der Waals surface area contributed by atoms with Crippen LogP contribution in [0.3, 0.4) is 0 Å². The van der Waals surface area contributed by atoms with E-state index >= 15 is 0 Å². The van der Waals surface area contributed by atoms with Crippen molar-refractivity contribution < 1.29 is 13.2 Å². The minimum Gasteiger partial charge on any atom is -0.440 e. The second-order valence-corrected chi connectivity index (χ2v) is 7.54. The van der Waals surface area contributed by atoms with Crippen molar-refractivity contribution in [3.8, 4) is 0 Å². The van der Waals surface area contributed by atoms with Gasteiger partial charge < -0.3 is 9.32 Å². The first kappa shape index (κ1) is 19.4. The molecule has 1 saturated heterocycles. The van der Waals surface area contributed by atoms with Crippen LogP contribution < -0.4 is 4.90 Å². The number of nitrogens with zero attached hydrogens (tertiary/aromatic N) is 4. The Morgan fingerprint density at radius 1 is 0.935 bits per heavy atom. The summed E-state index contributed by atoms with van der Waals surface area (Å²) in [5.74, 6) is -1.68. The Bertz CT molecular complexity index is 1170. The van der Waals surface area contributed by atoms with Gasteiger partial charge in [0.15, 0.2) is 23.6 Å². The average molecular weight is 418 g/mol. The van der Waals surface area contributed by atoms with E-state index in [1.807, 2.05) is 65.6 Å². The lowest BCUT2D eigenvalue weighted by Crippen LogP contribution is -2.39. The first-order valence-corrected chi connectivity index (χ1v) is 10.2. The number of anilines is 1. The quantitative estimate of drug-likeness (QED) is 0.403. The van der Waals surface area contributed by atoms with Gasteiger partial charge in [0.25, 0.3) is 5.92 Å². The van der Waals surface area contributed by atoms with Crippen LogP contribution in [0.25, 0.3) is 11.1 Å². The topological polar surface area (TPSA) is 54.5 Å². The fourth-order valence-electron chi connectivity index (χ4n) is 3.76. The summed E-state index contributed by atoms with van der Waals surface area (Å²) in [6.07, 6.45) is 0.922. The standard InChI is InChI=1S/C24H20F2N4O/c25-24(26)11-13-30(14-12-24)23-22-19(27-16-31-22)15-20(29-23)28-21(17-7-3-1-4-8-17)18-9-5-2-6-10-18/h1-10,15-16H,11-14H2. The number of pyridine rings is 1. The molecule has 0 N–H and O–H groups in total. The number of oxazole rings is 1. The molecule has 0 amide bonds. The molecule has 0 spiro atoms. The second-order valence-electron chi connectivity index (χ2n) is 7.54. The van der Waals surface area contributed by atoms with Crippen molar-refractivity contribution >= 4 is 28.4 Å². The zero-order valence-electron chi connectivity index (χ0n) is 16.7. The number of aromatic nitrogens is 2. The van der Waals surface area contributed by atoms with Gasteiger partial charge in [-0.3, -0.25) is 0 Å². The molecule has 5 rings (SSSR count). The number of rotatable bonds is 4. The lowest BCUT2D eigenvalue weighted by Gasteiger charge is -2.32. The summed E-state index contributed by atoms with van der Waals surface area (Å²) in [4.78, 5) is 15.7. The van der Waals surface area contributed by atoms with Crippen LogP contribution in [0, 0.1) is 0 Å². The van der Waals surface area contributed by atoms with E-state index in [0.29, 0.717) is 22.7 Å². The van der Waals surface area contributed by atoms with Gasteiger partial charge >= 0.3 is 0 Å². The zero-order chi connectivity index (χ0) is 21.3. The molecule has 7 heteroatoms. The minimum absolute atomic E-state index is 0.202. The van der Waals surface area contributed by atoms with Crippen molar-refractivity contribution in [1.29, 1.82) is 0 Å². The van der Waals surface area contributed by atoms with Crippen molar-refractivity contribution in [1.82, 2.24) is 9.97 Å². The van der Waals surface area contributed by atoms with Crippen LogP contribution in [0.15, 0.2) is 82.5 Å². The molecule has 3 heterocycles. The number of hydrogen-bond donors (Lipinski definition) is 0. The van der Waals surface area contributed by atoms with Crippen molar-refractivity contribution in [3.05, 3.63) is 84.3 Å². The van der Waals surface area contributed by atoms with Gasteiger partial charge in [-0.25, -0.2) is 23.7 Å². The van der Waals surface area contributed by atoms with Crippen LogP contribution in [0.4, 0.5) is 20.4 Å². The molecule has 31 heavy (non-hydrogen) atoms. The number of piperidine rings is 1. The Labute approximate surface area is 178 Å². The van der Waals surface area contributed by atoms with Gasteiger partial charge in [0.1, 0.15) is 5.52 Å². The molecule has 1 aliphatic heterocycles. The smallest absolute Gasteiger partial charge is 0.251 e. The fraction of sp³-hybridized carbons (Fsp3) is 0.208. The maximum absolute atomic E-state index is 13.7. The van der Waals surface area contributed by atoms with E-state index in [2.05, 4.69) is 4.98 Å². The lowest BCUT2D eigenvalue weighted by atomic mass is 10.0. The average Bonchev–Trinajstić information content (AvgIpc) is 3.27. The molecule has 5 nitrogen and oxygen atoms in total. The second kappa shape index (κ2) is 7.91. The van der Waals surface area contributed by atoms with Crippen molar-refractivity contribution in [2.24, 2.45) is 4.99 Å². The van der Waals surface area contributed by atoms with Gasteiger partial charge in [-0.15, -0.1) is 0 Å². The summed E-state index contributed by atoms with van der Waals surface area (Å²) in [5.41, 5.74) is 3.77. The molecule has 0 unspecified atom stereocenters. The molecule has 0 radical (unpaired) electrons. The molecule has 156 valence electrons. The third-order valence-electron chi connectivity index (χ3n) is 5.40. The fourth-order valence-corrected chi connectivity index (χ4v) is 3.76. The summed E-state index contributed by atoms with van der Waals surface area (Å²) in [6.45, 7) is 0.403. The maximum atomic E-state index is 13.7. The molecule has 2 aromatic carbocycles. The Kier molecular flexibility index (Phi) is 4.94. The third kappa shape index (κ3) is 4.03. The van der Waals surface area contributed by atoms with Gasteiger partial charge in [-0.1, -0.05) is 60.7 Å².